The summed E-state index contributed by atoms with van der Waals surface area (Å²) in [5, 5.41) is 2.69. The molecule has 172 valence electrons. The third kappa shape index (κ3) is 5.81. The molecular formula is C22H26N2O6S2. The van der Waals surface area contributed by atoms with Crippen LogP contribution in [0.15, 0.2) is 41.3 Å². The van der Waals surface area contributed by atoms with Crippen LogP contribution in [0.25, 0.3) is 0 Å². The maximum atomic E-state index is 13.0. The topological polar surface area (TPSA) is 110 Å². The summed E-state index contributed by atoms with van der Waals surface area (Å²) in [7, 11) is -3.83. The van der Waals surface area contributed by atoms with Crippen molar-refractivity contribution in [3.05, 3.63) is 51.7 Å². The maximum absolute atomic E-state index is 13.0. The average molecular weight is 479 g/mol. The van der Waals surface area contributed by atoms with Crippen LogP contribution in [0.3, 0.4) is 0 Å². The van der Waals surface area contributed by atoms with Gasteiger partial charge in [0.15, 0.2) is 6.61 Å². The van der Waals surface area contributed by atoms with Crippen molar-refractivity contribution in [3.8, 4) is 0 Å². The molecule has 0 aliphatic carbocycles. The van der Waals surface area contributed by atoms with Gasteiger partial charge in [-0.05, 0) is 50.5 Å². The first-order chi connectivity index (χ1) is 15.2. The van der Waals surface area contributed by atoms with E-state index in [1.165, 1.54) is 30.4 Å². The Kier molecular flexibility index (Phi) is 7.81. The Hall–Kier alpha value is -2.56. The number of sulfonamides is 1. The number of rotatable bonds is 9. The lowest BCUT2D eigenvalue weighted by atomic mass is 10.2. The molecule has 0 unspecified atom stereocenters. The first-order valence-electron chi connectivity index (χ1n) is 10.3. The van der Waals surface area contributed by atoms with E-state index < -0.39 is 28.6 Å². The molecule has 1 aliphatic heterocycles. The molecule has 2 heterocycles. The molecular weight excluding hydrogens is 452 g/mol. The van der Waals surface area contributed by atoms with Gasteiger partial charge in [0.2, 0.25) is 21.7 Å². The molecule has 1 N–H and O–H groups in total. The summed E-state index contributed by atoms with van der Waals surface area (Å²) < 4.78 is 32.3. The van der Waals surface area contributed by atoms with Crippen LogP contribution in [0.2, 0.25) is 0 Å². The number of nitrogens with one attached hydrogen (secondary N) is 1. The number of hydrogen-bond donors (Lipinski definition) is 1. The van der Waals surface area contributed by atoms with Crippen molar-refractivity contribution in [2.75, 3.05) is 19.7 Å². The van der Waals surface area contributed by atoms with Crippen LogP contribution in [-0.2, 0) is 30.8 Å². The molecule has 2 aromatic rings. The molecule has 32 heavy (non-hydrogen) atoms. The van der Waals surface area contributed by atoms with Crippen LogP contribution >= 0.6 is 11.3 Å². The normalized spacial score (nSPS) is 16.6. The molecule has 0 saturated carbocycles. The van der Waals surface area contributed by atoms with E-state index in [0.717, 1.165) is 14.7 Å². The Labute approximate surface area is 191 Å². The summed E-state index contributed by atoms with van der Waals surface area (Å²) in [6.45, 7) is 3.57. The van der Waals surface area contributed by atoms with E-state index in [1.807, 2.05) is 6.92 Å². The summed E-state index contributed by atoms with van der Waals surface area (Å²) in [4.78, 5) is 37.5. The number of carbonyl (C=O) groups is 3. The number of esters is 1. The Morgan fingerprint density at radius 2 is 1.88 bits per heavy atom. The fraction of sp³-hybridized carbons (Fsp3) is 0.409. The average Bonchev–Trinajstić information content (AvgIpc) is 3.42. The van der Waals surface area contributed by atoms with E-state index in [0.29, 0.717) is 30.7 Å². The molecule has 0 spiro atoms. The quantitative estimate of drug-likeness (QED) is 0.438. The van der Waals surface area contributed by atoms with Gasteiger partial charge in [0.1, 0.15) is 6.04 Å². The van der Waals surface area contributed by atoms with Crippen LogP contribution in [0.1, 0.15) is 39.9 Å². The summed E-state index contributed by atoms with van der Waals surface area (Å²) >= 11 is 1.28. The standard InChI is InChI=1S/C22H26N2O6S2/c1-15-5-8-18(9-6-15)32(28,29)24-13-3-4-19(24)22(27)30-14-20(26)21-10-7-17(31-21)11-12-23-16(2)25/h5-10,19H,3-4,11-14H2,1-2H3,(H,23,25)/t19-/m1/s1. The third-order valence-electron chi connectivity index (χ3n) is 5.13. The van der Waals surface area contributed by atoms with E-state index in [2.05, 4.69) is 5.32 Å². The predicted molar refractivity (Wildman–Crippen MR) is 120 cm³/mol. The number of Topliss-reactive ketones (excluding diaryl/α,β-unsaturated/α-hetero) is 1. The molecule has 8 nitrogen and oxygen atoms in total. The number of benzene rings is 1. The zero-order valence-electron chi connectivity index (χ0n) is 18.0. The number of aryl methyl sites for hydroxylation is 1. The predicted octanol–water partition coefficient (Wildman–Crippen LogP) is 2.31. The van der Waals surface area contributed by atoms with Crippen LogP contribution in [0.4, 0.5) is 0 Å². The zero-order valence-corrected chi connectivity index (χ0v) is 19.6. The van der Waals surface area contributed by atoms with Crippen LogP contribution in [0, 0.1) is 6.92 Å². The van der Waals surface area contributed by atoms with Gasteiger partial charge in [0.25, 0.3) is 0 Å². The molecule has 1 saturated heterocycles. The molecule has 0 bridgehead atoms. The number of carbonyl (C=O) groups excluding carboxylic acids is 3. The first kappa shape index (κ1) is 24.1. The highest BCUT2D eigenvalue weighted by Gasteiger charge is 2.40. The largest absolute Gasteiger partial charge is 0.456 e. The van der Waals surface area contributed by atoms with Crippen LogP contribution in [-0.4, -0.2) is 56.1 Å². The van der Waals surface area contributed by atoms with Crippen LogP contribution in [0.5, 0.6) is 0 Å². The molecule has 1 fully saturated rings. The van der Waals surface area contributed by atoms with E-state index >= 15 is 0 Å². The van der Waals surface area contributed by atoms with Gasteiger partial charge in [-0.1, -0.05) is 17.7 Å². The minimum absolute atomic E-state index is 0.116. The van der Waals surface area contributed by atoms with Crippen molar-refractivity contribution in [2.45, 2.75) is 44.0 Å². The van der Waals surface area contributed by atoms with Crippen molar-refractivity contribution >= 4 is 39.0 Å². The number of ether oxygens (including phenoxy) is 1. The molecule has 1 aliphatic rings. The summed E-state index contributed by atoms with van der Waals surface area (Å²) in [6, 6.07) is 8.98. The molecule has 3 rings (SSSR count). The highest BCUT2D eigenvalue weighted by molar-refractivity contribution is 7.89. The number of amides is 1. The first-order valence-corrected chi connectivity index (χ1v) is 12.6. The van der Waals surface area contributed by atoms with E-state index in [1.54, 1.807) is 24.3 Å². The van der Waals surface area contributed by atoms with Gasteiger partial charge in [-0.3, -0.25) is 14.4 Å². The van der Waals surface area contributed by atoms with E-state index in [-0.39, 0.29) is 23.1 Å². The van der Waals surface area contributed by atoms with Crippen molar-refractivity contribution in [1.82, 2.24) is 9.62 Å². The van der Waals surface area contributed by atoms with Gasteiger partial charge in [0.05, 0.1) is 9.77 Å². The third-order valence-corrected chi connectivity index (χ3v) is 8.24. The number of thiophene rings is 1. The minimum atomic E-state index is -3.83. The molecule has 0 radical (unpaired) electrons. The number of nitrogens with zero attached hydrogens (tertiary/aromatic N) is 1. The highest BCUT2D eigenvalue weighted by atomic mass is 32.2. The second-order valence-corrected chi connectivity index (χ2v) is 10.7. The molecule has 10 heteroatoms. The van der Waals surface area contributed by atoms with Crippen molar-refractivity contribution in [1.29, 1.82) is 0 Å². The Bertz CT molecular complexity index is 1090. The second kappa shape index (κ2) is 10.4. The molecule has 1 amide bonds. The molecule has 1 aromatic heterocycles. The number of ketones is 1. The van der Waals surface area contributed by atoms with E-state index in [9.17, 15) is 22.8 Å². The summed E-state index contributed by atoms with van der Waals surface area (Å²) in [5.74, 6) is -1.18. The van der Waals surface area contributed by atoms with Gasteiger partial charge in [-0.2, -0.15) is 4.31 Å². The zero-order chi connectivity index (χ0) is 23.3. The fourth-order valence-electron chi connectivity index (χ4n) is 3.44. The minimum Gasteiger partial charge on any atom is -0.456 e. The van der Waals surface area contributed by atoms with Crippen molar-refractivity contribution < 1.29 is 27.5 Å². The second-order valence-electron chi connectivity index (χ2n) is 7.62. The van der Waals surface area contributed by atoms with Gasteiger partial charge in [-0.25, -0.2) is 8.42 Å². The maximum Gasteiger partial charge on any atom is 0.324 e. The van der Waals surface area contributed by atoms with Crippen molar-refractivity contribution in [2.24, 2.45) is 0 Å². The van der Waals surface area contributed by atoms with Gasteiger partial charge < -0.3 is 10.1 Å². The lowest BCUT2D eigenvalue weighted by Crippen LogP contribution is -2.41. The van der Waals surface area contributed by atoms with Gasteiger partial charge in [-0.15, -0.1) is 11.3 Å². The van der Waals surface area contributed by atoms with E-state index in [4.69, 9.17) is 4.74 Å². The van der Waals surface area contributed by atoms with Crippen molar-refractivity contribution in [3.63, 3.8) is 0 Å². The summed E-state index contributed by atoms with van der Waals surface area (Å²) in [6.07, 6.45) is 1.50. The Morgan fingerprint density at radius 1 is 1.16 bits per heavy atom. The Balaban J connectivity index is 1.58. The fourth-order valence-corrected chi connectivity index (χ4v) is 6.02. The molecule has 1 atom stereocenters. The number of hydrogen-bond acceptors (Lipinski definition) is 7. The summed E-state index contributed by atoms with van der Waals surface area (Å²) in [5.41, 5.74) is 0.937. The van der Waals surface area contributed by atoms with Gasteiger partial charge >= 0.3 is 5.97 Å². The Morgan fingerprint density at radius 3 is 2.56 bits per heavy atom. The van der Waals surface area contributed by atoms with Crippen LogP contribution < -0.4 is 5.32 Å². The smallest absolute Gasteiger partial charge is 0.324 e. The molecule has 1 aromatic carbocycles. The van der Waals surface area contributed by atoms with Gasteiger partial charge in [0, 0.05) is 24.9 Å². The monoisotopic (exact) mass is 478 g/mol. The highest BCUT2D eigenvalue weighted by Crippen LogP contribution is 2.27. The lowest BCUT2D eigenvalue weighted by molar-refractivity contribution is -0.146. The SMILES string of the molecule is CC(=O)NCCc1ccc(C(=O)COC(=O)[C@H]2CCCN2S(=O)(=O)c2ccc(C)cc2)s1. The lowest BCUT2D eigenvalue weighted by Gasteiger charge is -2.22.